The van der Waals surface area contributed by atoms with Gasteiger partial charge < -0.3 is 15.2 Å². The zero-order valence-corrected chi connectivity index (χ0v) is 18.7. The number of unbranched alkanes of at least 4 members (excludes halogenated alkanes) is 1. The molecule has 30 heavy (non-hydrogen) atoms. The van der Waals surface area contributed by atoms with Gasteiger partial charge in [-0.25, -0.2) is 0 Å². The predicted molar refractivity (Wildman–Crippen MR) is 122 cm³/mol. The van der Waals surface area contributed by atoms with Gasteiger partial charge in [0.15, 0.2) is 0 Å². The molecular weight excluding hydrogens is 374 g/mol. The molecule has 0 amide bonds. The molecule has 0 aliphatic heterocycles. The summed E-state index contributed by atoms with van der Waals surface area (Å²) < 4.78 is 5.68. The molecule has 5 heteroatoms. The molecule has 0 aliphatic carbocycles. The largest absolute Gasteiger partial charge is 0.496 e. The first-order valence-corrected chi connectivity index (χ1v) is 10.6. The first kappa shape index (κ1) is 22.2. The first-order chi connectivity index (χ1) is 14.3. The van der Waals surface area contributed by atoms with E-state index in [4.69, 9.17) is 4.74 Å². The highest BCUT2D eigenvalue weighted by molar-refractivity contribution is 5.75. The van der Waals surface area contributed by atoms with Crippen molar-refractivity contribution in [3.05, 3.63) is 65.5 Å². The zero-order valence-electron chi connectivity index (χ0n) is 18.7. The van der Waals surface area contributed by atoms with Crippen LogP contribution in [-0.2, 0) is 11.0 Å². The lowest BCUT2D eigenvalue weighted by Crippen LogP contribution is -2.40. The van der Waals surface area contributed by atoms with E-state index in [1.165, 1.54) is 0 Å². The number of rotatable bonds is 8. The van der Waals surface area contributed by atoms with Gasteiger partial charge in [0.25, 0.3) is 0 Å². The Morgan fingerprint density at radius 1 is 0.967 bits per heavy atom. The summed E-state index contributed by atoms with van der Waals surface area (Å²) in [5.41, 5.74) is 2.91. The van der Waals surface area contributed by atoms with Crippen LogP contribution in [0.3, 0.4) is 0 Å². The number of methoxy groups -OCH3 is 1. The molecule has 2 aromatic carbocycles. The van der Waals surface area contributed by atoms with E-state index in [9.17, 15) is 5.11 Å². The number of fused-ring (bicyclic) bond motifs is 1. The van der Waals surface area contributed by atoms with Gasteiger partial charge >= 0.3 is 0 Å². The first-order valence-electron chi connectivity index (χ1n) is 10.6. The summed E-state index contributed by atoms with van der Waals surface area (Å²) in [4.78, 5) is 8.79. The van der Waals surface area contributed by atoms with Crippen molar-refractivity contribution in [2.75, 3.05) is 20.2 Å². The fraction of sp³-hybridized carbons (Fsp3) is 0.440. The lowest BCUT2D eigenvalue weighted by atomic mass is 9.80. The van der Waals surface area contributed by atoms with Crippen LogP contribution < -0.4 is 10.1 Å². The normalized spacial score (nSPS) is 13.9. The van der Waals surface area contributed by atoms with Gasteiger partial charge in [0, 0.05) is 24.5 Å². The summed E-state index contributed by atoms with van der Waals surface area (Å²) in [5, 5.41) is 15.6. The summed E-state index contributed by atoms with van der Waals surface area (Å²) in [6.07, 6.45) is 5.50. The van der Waals surface area contributed by atoms with Gasteiger partial charge in [-0.05, 0) is 53.8 Å². The van der Waals surface area contributed by atoms with E-state index in [0.29, 0.717) is 12.3 Å². The second-order valence-electron chi connectivity index (χ2n) is 8.82. The highest BCUT2D eigenvalue weighted by Gasteiger charge is 2.35. The van der Waals surface area contributed by atoms with Crippen LogP contribution in [0.15, 0.2) is 48.8 Å². The molecule has 0 saturated carbocycles. The molecule has 2 N–H and O–H groups in total. The van der Waals surface area contributed by atoms with Crippen LogP contribution in [0.2, 0.25) is 0 Å². The average Bonchev–Trinajstić information content (AvgIpc) is 2.75. The maximum atomic E-state index is 12.1. The Morgan fingerprint density at radius 3 is 2.33 bits per heavy atom. The van der Waals surface area contributed by atoms with E-state index in [-0.39, 0.29) is 5.41 Å². The molecule has 1 atom stereocenters. The predicted octanol–water partition coefficient (Wildman–Crippen LogP) is 4.56. The number of nitrogens with zero attached hydrogens (tertiary/aromatic N) is 2. The van der Waals surface area contributed by atoms with E-state index in [1.54, 1.807) is 19.5 Å². The molecule has 160 valence electrons. The van der Waals surface area contributed by atoms with Crippen molar-refractivity contribution in [2.45, 2.75) is 51.6 Å². The van der Waals surface area contributed by atoms with Crippen LogP contribution >= 0.6 is 0 Å². The number of hydrogen-bond donors (Lipinski definition) is 2. The lowest BCUT2D eigenvalue weighted by molar-refractivity contribution is 0.0772. The second kappa shape index (κ2) is 9.11. The number of hydrogen-bond acceptors (Lipinski definition) is 5. The highest BCUT2D eigenvalue weighted by atomic mass is 16.5. The smallest absolute Gasteiger partial charge is 0.131 e. The standard InChI is InChI=1S/C25H33N3O2/c1-6-7-12-26-17-25(29,19-8-10-21-22(16-19)28-14-13-27-21)20-15-18(24(2,3)4)9-11-23(20)30-5/h8-11,13-16,26,29H,6-7,12,17H2,1-5H3. The van der Waals surface area contributed by atoms with E-state index in [0.717, 1.165) is 47.1 Å². The van der Waals surface area contributed by atoms with Crippen molar-refractivity contribution in [3.63, 3.8) is 0 Å². The summed E-state index contributed by atoms with van der Waals surface area (Å²) >= 11 is 0. The van der Waals surface area contributed by atoms with Crippen molar-refractivity contribution in [1.29, 1.82) is 0 Å². The van der Waals surface area contributed by atoms with Crippen molar-refractivity contribution >= 4 is 11.0 Å². The van der Waals surface area contributed by atoms with Crippen LogP contribution in [0, 0.1) is 0 Å². The maximum absolute atomic E-state index is 12.1. The van der Waals surface area contributed by atoms with E-state index < -0.39 is 5.60 Å². The topological polar surface area (TPSA) is 67.3 Å². The summed E-state index contributed by atoms with van der Waals surface area (Å²) in [6, 6.07) is 11.9. The number of ether oxygens (including phenoxy) is 1. The molecule has 3 aromatic rings. The molecular formula is C25H33N3O2. The van der Waals surface area contributed by atoms with E-state index in [2.05, 4.69) is 55.1 Å². The molecule has 0 saturated heterocycles. The van der Waals surface area contributed by atoms with Gasteiger partial charge in [0.1, 0.15) is 11.4 Å². The van der Waals surface area contributed by atoms with Crippen LogP contribution in [0.5, 0.6) is 5.75 Å². The minimum absolute atomic E-state index is 0.0492. The molecule has 1 heterocycles. The summed E-state index contributed by atoms with van der Waals surface area (Å²) in [6.45, 7) is 9.89. The van der Waals surface area contributed by atoms with E-state index in [1.807, 2.05) is 24.3 Å². The van der Waals surface area contributed by atoms with Gasteiger partial charge in [-0.1, -0.05) is 46.2 Å². The Kier molecular flexibility index (Phi) is 6.74. The number of nitrogens with one attached hydrogen (secondary N) is 1. The number of benzene rings is 2. The monoisotopic (exact) mass is 407 g/mol. The van der Waals surface area contributed by atoms with Crippen molar-refractivity contribution < 1.29 is 9.84 Å². The minimum Gasteiger partial charge on any atom is -0.496 e. The third-order valence-electron chi connectivity index (χ3n) is 5.55. The van der Waals surface area contributed by atoms with Crippen LogP contribution in [0.4, 0.5) is 0 Å². The number of aliphatic hydroxyl groups is 1. The molecule has 1 unspecified atom stereocenters. The van der Waals surface area contributed by atoms with Crippen molar-refractivity contribution in [1.82, 2.24) is 15.3 Å². The third-order valence-corrected chi connectivity index (χ3v) is 5.55. The molecule has 0 aliphatic rings. The van der Waals surface area contributed by atoms with Crippen molar-refractivity contribution in [3.8, 4) is 5.75 Å². The molecule has 3 rings (SSSR count). The van der Waals surface area contributed by atoms with Gasteiger partial charge in [-0.2, -0.15) is 0 Å². The molecule has 0 spiro atoms. The van der Waals surface area contributed by atoms with Crippen LogP contribution in [0.1, 0.15) is 57.2 Å². The van der Waals surface area contributed by atoms with Gasteiger partial charge in [0.05, 0.1) is 18.1 Å². The van der Waals surface area contributed by atoms with Gasteiger partial charge in [0.2, 0.25) is 0 Å². The molecule has 0 bridgehead atoms. The molecule has 0 fully saturated rings. The van der Waals surface area contributed by atoms with Crippen LogP contribution in [-0.4, -0.2) is 35.3 Å². The SMILES string of the molecule is CCCCNCC(O)(c1ccc2nccnc2c1)c1cc(C(C)(C)C)ccc1OC. The fourth-order valence-corrected chi connectivity index (χ4v) is 3.64. The Hall–Kier alpha value is -2.50. The Morgan fingerprint density at radius 2 is 1.67 bits per heavy atom. The summed E-state index contributed by atoms with van der Waals surface area (Å²) in [7, 11) is 1.65. The highest BCUT2D eigenvalue weighted by Crippen LogP contribution is 2.39. The zero-order chi connectivity index (χ0) is 21.8. The minimum atomic E-state index is -1.27. The quantitative estimate of drug-likeness (QED) is 0.536. The van der Waals surface area contributed by atoms with Crippen LogP contribution in [0.25, 0.3) is 11.0 Å². The Bertz CT molecular complexity index is 997. The Labute approximate surface area is 179 Å². The third kappa shape index (κ3) is 4.63. The van der Waals surface area contributed by atoms with Gasteiger partial charge in [-0.3, -0.25) is 9.97 Å². The second-order valence-corrected chi connectivity index (χ2v) is 8.82. The maximum Gasteiger partial charge on any atom is 0.131 e. The fourth-order valence-electron chi connectivity index (χ4n) is 3.64. The molecule has 0 radical (unpaired) electrons. The van der Waals surface area contributed by atoms with E-state index >= 15 is 0 Å². The molecule has 1 aromatic heterocycles. The van der Waals surface area contributed by atoms with Gasteiger partial charge in [-0.15, -0.1) is 0 Å². The average molecular weight is 408 g/mol. The summed E-state index contributed by atoms with van der Waals surface area (Å²) in [5.74, 6) is 0.669. The lowest BCUT2D eigenvalue weighted by Gasteiger charge is -2.33. The number of aromatic nitrogens is 2. The Balaban J connectivity index is 2.16. The molecule has 5 nitrogen and oxygen atoms in total. The van der Waals surface area contributed by atoms with Crippen molar-refractivity contribution in [2.24, 2.45) is 0 Å².